The van der Waals surface area contributed by atoms with Gasteiger partial charge in [-0.25, -0.2) is 9.78 Å². The molecule has 0 spiro atoms. The molecular weight excluding hydrogens is 516 g/mol. The highest BCUT2D eigenvalue weighted by Gasteiger charge is 2.23. The highest BCUT2D eigenvalue weighted by Crippen LogP contribution is 2.26. The number of pyridine rings is 2. The van der Waals surface area contributed by atoms with Crippen LogP contribution in [-0.4, -0.2) is 37.1 Å². The molecule has 6 rings (SSSR count). The highest BCUT2D eigenvalue weighted by atomic mass is 16.4. The van der Waals surface area contributed by atoms with Gasteiger partial charge in [0.25, 0.3) is 5.91 Å². The number of nitrogens with one attached hydrogen (secondary N) is 1. The number of rotatable bonds is 7. The Bertz CT molecular complexity index is 1950. The molecular formula is C33H24N4O4. The first-order valence-corrected chi connectivity index (χ1v) is 13.0. The first-order valence-electron chi connectivity index (χ1n) is 13.0. The molecule has 0 fully saturated rings. The largest absolute Gasteiger partial charge is 0.478 e. The van der Waals surface area contributed by atoms with E-state index in [1.165, 1.54) is 24.5 Å². The van der Waals surface area contributed by atoms with Crippen molar-refractivity contribution in [3.63, 3.8) is 0 Å². The Kier molecular flexibility index (Phi) is 6.57. The van der Waals surface area contributed by atoms with Crippen LogP contribution in [0.15, 0.2) is 109 Å². The number of fused-ring (bicyclic) bond motifs is 2. The summed E-state index contributed by atoms with van der Waals surface area (Å²) < 4.78 is 1.57. The molecule has 0 aliphatic heterocycles. The van der Waals surface area contributed by atoms with E-state index >= 15 is 0 Å². The van der Waals surface area contributed by atoms with Gasteiger partial charge >= 0.3 is 5.97 Å². The molecule has 2 N–H and O–H groups in total. The number of aromatic carboxylic acids is 1. The number of carboxylic acid groups (broad SMARTS) is 1. The third-order valence-corrected chi connectivity index (χ3v) is 7.04. The summed E-state index contributed by atoms with van der Waals surface area (Å²) in [7, 11) is 0. The molecule has 1 atom stereocenters. The van der Waals surface area contributed by atoms with E-state index in [4.69, 9.17) is 0 Å². The number of nitrogens with zero attached hydrogens (tertiary/aromatic N) is 3. The van der Waals surface area contributed by atoms with Crippen LogP contribution in [0.3, 0.4) is 0 Å². The van der Waals surface area contributed by atoms with Crippen molar-refractivity contribution >= 4 is 34.2 Å². The van der Waals surface area contributed by atoms with Crippen LogP contribution in [0.4, 0.5) is 0 Å². The van der Waals surface area contributed by atoms with Crippen molar-refractivity contribution in [2.45, 2.75) is 13.0 Å². The maximum atomic E-state index is 13.8. The lowest BCUT2D eigenvalue weighted by Gasteiger charge is -2.17. The topological polar surface area (TPSA) is 114 Å². The zero-order chi connectivity index (χ0) is 28.5. The fraction of sp³-hybridized carbons (Fsp3) is 0.0606. The molecule has 8 heteroatoms. The number of aromatic nitrogens is 3. The summed E-state index contributed by atoms with van der Waals surface area (Å²) in [6, 6.07) is 28.4. The van der Waals surface area contributed by atoms with E-state index in [2.05, 4.69) is 15.3 Å². The number of hydrogen-bond donors (Lipinski definition) is 2. The predicted octanol–water partition coefficient (Wildman–Crippen LogP) is 5.97. The molecule has 200 valence electrons. The maximum absolute atomic E-state index is 13.8. The molecule has 0 aliphatic carbocycles. The third kappa shape index (κ3) is 4.94. The first-order chi connectivity index (χ1) is 19.9. The Morgan fingerprint density at radius 1 is 0.756 bits per heavy atom. The Morgan fingerprint density at radius 2 is 1.49 bits per heavy atom. The average Bonchev–Trinajstić information content (AvgIpc) is 3.44. The number of carboxylic acids is 1. The van der Waals surface area contributed by atoms with Gasteiger partial charge in [0.05, 0.1) is 23.3 Å². The maximum Gasteiger partial charge on any atom is 0.335 e. The van der Waals surface area contributed by atoms with E-state index < -0.39 is 17.9 Å². The normalized spacial score (nSPS) is 11.8. The molecule has 6 aromatic rings. The minimum atomic E-state index is -1.02. The molecule has 0 unspecified atom stereocenters. The third-order valence-electron chi connectivity index (χ3n) is 7.04. The van der Waals surface area contributed by atoms with E-state index in [9.17, 15) is 19.5 Å². The van der Waals surface area contributed by atoms with Crippen molar-refractivity contribution in [3.8, 4) is 11.1 Å². The molecule has 0 aliphatic rings. The van der Waals surface area contributed by atoms with Gasteiger partial charge in [0.1, 0.15) is 17.0 Å². The quantitative estimate of drug-likeness (QED) is 0.241. The standard InChI is InChI=1S/C33H24N4O4/c1-20(21-11-13-23(14-12-21)33(40)41)36-32(39)28-16-25(22-7-3-2-4-8-22)17-30-35-19-29(37(28)30)31(38)26-15-24-9-5-6-10-27(24)34-18-26/h2-20H,1H3,(H,36,39)(H,40,41)/t20-/m0/s1. The lowest BCUT2D eigenvalue weighted by Crippen LogP contribution is -2.29. The fourth-order valence-electron chi connectivity index (χ4n) is 4.85. The Labute approximate surface area is 234 Å². The van der Waals surface area contributed by atoms with Gasteiger partial charge in [-0.15, -0.1) is 0 Å². The van der Waals surface area contributed by atoms with Gasteiger partial charge in [-0.05, 0) is 60.0 Å². The van der Waals surface area contributed by atoms with Gasteiger partial charge in [0, 0.05) is 17.1 Å². The van der Waals surface area contributed by atoms with Gasteiger partial charge in [0.2, 0.25) is 5.78 Å². The molecule has 1 amide bonds. The number of para-hydroxylation sites is 1. The second-order valence-electron chi connectivity index (χ2n) is 9.70. The first kappa shape index (κ1) is 25.6. The number of imidazole rings is 1. The summed E-state index contributed by atoms with van der Waals surface area (Å²) in [4.78, 5) is 47.7. The second kappa shape index (κ2) is 10.5. The van der Waals surface area contributed by atoms with Crippen molar-refractivity contribution in [1.29, 1.82) is 0 Å². The molecule has 0 saturated carbocycles. The van der Waals surface area contributed by atoms with E-state index in [-0.39, 0.29) is 22.7 Å². The van der Waals surface area contributed by atoms with Crippen molar-refractivity contribution in [1.82, 2.24) is 19.7 Å². The number of ketones is 1. The van der Waals surface area contributed by atoms with Gasteiger partial charge in [-0.3, -0.25) is 19.0 Å². The monoisotopic (exact) mass is 540 g/mol. The number of benzene rings is 3. The number of carbonyl (C=O) groups excluding carboxylic acids is 2. The molecule has 3 heterocycles. The minimum Gasteiger partial charge on any atom is -0.478 e. The summed E-state index contributed by atoms with van der Waals surface area (Å²) >= 11 is 0. The van der Waals surface area contributed by atoms with Gasteiger partial charge in [-0.1, -0.05) is 60.7 Å². The Morgan fingerprint density at radius 3 is 2.24 bits per heavy atom. The van der Waals surface area contributed by atoms with Crippen LogP contribution in [0.5, 0.6) is 0 Å². The molecule has 3 aromatic heterocycles. The molecule has 0 saturated heterocycles. The van der Waals surface area contributed by atoms with Crippen LogP contribution in [-0.2, 0) is 0 Å². The van der Waals surface area contributed by atoms with Crippen LogP contribution in [0.1, 0.15) is 55.4 Å². The van der Waals surface area contributed by atoms with Crippen LogP contribution in [0.25, 0.3) is 27.7 Å². The molecule has 0 bridgehead atoms. The van der Waals surface area contributed by atoms with Crippen LogP contribution in [0.2, 0.25) is 0 Å². The summed E-state index contributed by atoms with van der Waals surface area (Å²) in [5.74, 6) is -1.74. The van der Waals surface area contributed by atoms with E-state index in [1.54, 1.807) is 28.7 Å². The summed E-state index contributed by atoms with van der Waals surface area (Å²) in [6.45, 7) is 1.81. The van der Waals surface area contributed by atoms with Crippen molar-refractivity contribution in [2.75, 3.05) is 0 Å². The number of hydrogen-bond acceptors (Lipinski definition) is 5. The Hall–Kier alpha value is -5.63. The number of amides is 1. The summed E-state index contributed by atoms with van der Waals surface area (Å²) in [5, 5.41) is 13.0. The van der Waals surface area contributed by atoms with E-state index in [0.717, 1.165) is 27.6 Å². The molecule has 8 nitrogen and oxygen atoms in total. The second-order valence-corrected chi connectivity index (χ2v) is 9.70. The lowest BCUT2D eigenvalue weighted by molar-refractivity contribution is 0.0696. The predicted molar refractivity (Wildman–Crippen MR) is 155 cm³/mol. The van der Waals surface area contributed by atoms with Crippen molar-refractivity contribution in [3.05, 3.63) is 138 Å². The van der Waals surface area contributed by atoms with Crippen LogP contribution in [0, 0.1) is 0 Å². The van der Waals surface area contributed by atoms with Crippen molar-refractivity contribution in [2.24, 2.45) is 0 Å². The summed E-state index contributed by atoms with van der Waals surface area (Å²) in [6.07, 6.45) is 3.01. The van der Waals surface area contributed by atoms with Crippen LogP contribution < -0.4 is 5.32 Å². The molecule has 3 aromatic carbocycles. The highest BCUT2D eigenvalue weighted by molar-refractivity contribution is 6.10. The lowest BCUT2D eigenvalue weighted by atomic mass is 10.0. The minimum absolute atomic E-state index is 0.161. The van der Waals surface area contributed by atoms with Crippen LogP contribution >= 0.6 is 0 Å². The zero-order valence-corrected chi connectivity index (χ0v) is 22.0. The molecule has 41 heavy (non-hydrogen) atoms. The number of carbonyl (C=O) groups is 3. The van der Waals surface area contributed by atoms with Gasteiger partial charge in [-0.2, -0.15) is 0 Å². The summed E-state index contributed by atoms with van der Waals surface area (Å²) in [5.41, 5.74) is 4.67. The van der Waals surface area contributed by atoms with E-state index in [1.807, 2.05) is 67.6 Å². The van der Waals surface area contributed by atoms with Gasteiger partial charge in [0.15, 0.2) is 0 Å². The molecule has 0 radical (unpaired) electrons. The zero-order valence-electron chi connectivity index (χ0n) is 22.0. The Balaban J connectivity index is 1.42. The smallest absolute Gasteiger partial charge is 0.335 e. The van der Waals surface area contributed by atoms with Gasteiger partial charge < -0.3 is 10.4 Å². The van der Waals surface area contributed by atoms with Crippen molar-refractivity contribution < 1.29 is 19.5 Å². The average molecular weight is 541 g/mol. The SMILES string of the molecule is C[C@H](NC(=O)c1cc(-c2ccccc2)cc2ncc(C(=O)c3cnc4ccccc4c3)n12)c1ccc(C(=O)O)cc1. The fourth-order valence-corrected chi connectivity index (χ4v) is 4.85. The van der Waals surface area contributed by atoms with E-state index in [0.29, 0.717) is 11.2 Å².